The molecule has 1 saturated heterocycles. The Labute approximate surface area is 161 Å². The summed E-state index contributed by atoms with van der Waals surface area (Å²) in [5.74, 6) is -1.28. The van der Waals surface area contributed by atoms with Crippen molar-refractivity contribution in [1.82, 2.24) is 4.90 Å². The predicted molar refractivity (Wildman–Crippen MR) is 101 cm³/mol. The summed E-state index contributed by atoms with van der Waals surface area (Å²) in [6.45, 7) is 0. The van der Waals surface area contributed by atoms with Crippen LogP contribution >= 0.6 is 11.6 Å². The second-order valence-electron chi connectivity index (χ2n) is 6.76. The van der Waals surface area contributed by atoms with E-state index in [9.17, 15) is 15.3 Å². The van der Waals surface area contributed by atoms with Crippen LogP contribution in [0.15, 0.2) is 54.7 Å². The summed E-state index contributed by atoms with van der Waals surface area (Å²) in [7, 11) is 0. The van der Waals surface area contributed by atoms with E-state index in [1.807, 2.05) is 30.3 Å². The summed E-state index contributed by atoms with van der Waals surface area (Å²) < 4.78 is 0. The van der Waals surface area contributed by atoms with Crippen LogP contribution in [0.25, 0.3) is 6.08 Å². The van der Waals surface area contributed by atoms with Crippen LogP contribution in [-0.2, 0) is 4.79 Å². The van der Waals surface area contributed by atoms with E-state index in [0.717, 1.165) is 11.1 Å². The number of amides is 1. The number of primary amides is 1. The first-order valence-electron chi connectivity index (χ1n) is 8.45. The van der Waals surface area contributed by atoms with Crippen LogP contribution in [0.1, 0.15) is 28.7 Å². The third-order valence-electron chi connectivity index (χ3n) is 5.46. The van der Waals surface area contributed by atoms with Gasteiger partial charge in [0.15, 0.2) is 5.41 Å². The number of fused-ring (bicyclic) bond motifs is 3. The Morgan fingerprint density at radius 3 is 2.41 bits per heavy atom. The maximum Gasteiger partial charge on any atom is 0.240 e. The molecule has 0 unspecified atom stereocenters. The zero-order chi connectivity index (χ0) is 19.2. The summed E-state index contributed by atoms with van der Waals surface area (Å²) in [6, 6.07) is 17.5. The van der Waals surface area contributed by atoms with Crippen LogP contribution in [0, 0.1) is 28.1 Å². The normalized spacial score (nSPS) is 24.4. The van der Waals surface area contributed by atoms with Gasteiger partial charge >= 0.3 is 0 Å². The molecular weight excluding hydrogens is 360 g/mol. The van der Waals surface area contributed by atoms with Crippen LogP contribution < -0.4 is 5.73 Å². The predicted octanol–water partition coefficient (Wildman–Crippen LogP) is 3.35. The summed E-state index contributed by atoms with van der Waals surface area (Å²) in [5, 5.41) is 20.9. The number of carbonyl (C=O) groups is 1. The number of nitrogens with two attached hydrogens (primary N) is 1. The molecule has 3 atom stereocenters. The lowest BCUT2D eigenvalue weighted by Crippen LogP contribution is -2.41. The smallest absolute Gasteiger partial charge is 0.240 e. The molecule has 27 heavy (non-hydrogen) atoms. The van der Waals surface area contributed by atoms with E-state index in [4.69, 9.17) is 17.3 Å². The molecule has 0 bridgehead atoms. The highest BCUT2D eigenvalue weighted by Crippen LogP contribution is 2.59. The fraction of sp³-hybridized carbons (Fsp3) is 0.190. The fourth-order valence-electron chi connectivity index (χ4n) is 4.36. The van der Waals surface area contributed by atoms with E-state index in [1.54, 1.807) is 35.4 Å². The molecule has 2 aliphatic heterocycles. The molecule has 4 rings (SSSR count). The molecule has 2 aliphatic rings. The summed E-state index contributed by atoms with van der Waals surface area (Å²) in [4.78, 5) is 14.2. The number of halogens is 1. The Hall–Kier alpha value is -3.28. The Kier molecular flexibility index (Phi) is 3.91. The number of hydrogen-bond acceptors (Lipinski definition) is 4. The van der Waals surface area contributed by atoms with Gasteiger partial charge in [-0.25, -0.2) is 0 Å². The second kappa shape index (κ2) is 6.16. The summed E-state index contributed by atoms with van der Waals surface area (Å²) in [5.41, 5.74) is 6.73. The van der Waals surface area contributed by atoms with E-state index < -0.39 is 29.3 Å². The average molecular weight is 375 g/mol. The highest BCUT2D eigenvalue weighted by molar-refractivity contribution is 6.30. The van der Waals surface area contributed by atoms with E-state index >= 15 is 0 Å². The zero-order valence-corrected chi connectivity index (χ0v) is 15.0. The van der Waals surface area contributed by atoms with Crippen LogP contribution in [0.5, 0.6) is 0 Å². The first-order chi connectivity index (χ1) is 13.0. The van der Waals surface area contributed by atoms with Crippen molar-refractivity contribution < 1.29 is 4.79 Å². The third-order valence-corrected chi connectivity index (χ3v) is 5.72. The first-order valence-corrected chi connectivity index (χ1v) is 8.83. The van der Waals surface area contributed by atoms with Crippen molar-refractivity contribution in [1.29, 1.82) is 10.5 Å². The lowest BCUT2D eigenvalue weighted by Gasteiger charge is -2.34. The lowest BCUT2D eigenvalue weighted by molar-refractivity contribution is -0.122. The SMILES string of the molecule is N#CC1(C#N)[C@@H]2c3ccccc3C=CN2[C@@H](C(N)=O)[C@@H]1c1ccc(Cl)cc1. The standard InChI is InChI=1S/C21H15ClN4O/c22-15-7-5-14(6-8-15)17-18(20(25)27)26-10-9-13-3-1-2-4-16(13)19(26)21(17,11-23)12-24/h1-10,17-19H,(H2,25,27)/t17-,18+,19-/m0/s1. The van der Waals surface area contributed by atoms with Crippen molar-refractivity contribution in [2.24, 2.45) is 11.1 Å². The van der Waals surface area contributed by atoms with Gasteiger partial charge in [-0.05, 0) is 34.9 Å². The van der Waals surface area contributed by atoms with Crippen LogP contribution in [0.4, 0.5) is 0 Å². The first kappa shape index (κ1) is 17.1. The molecule has 0 aromatic heterocycles. The van der Waals surface area contributed by atoms with Gasteiger partial charge in [-0.2, -0.15) is 10.5 Å². The van der Waals surface area contributed by atoms with Gasteiger partial charge in [0, 0.05) is 17.1 Å². The van der Waals surface area contributed by atoms with E-state index in [1.165, 1.54) is 0 Å². The molecule has 0 radical (unpaired) electrons. The molecular formula is C21H15ClN4O. The molecule has 2 N–H and O–H groups in total. The highest BCUT2D eigenvalue weighted by Gasteiger charge is 2.63. The van der Waals surface area contributed by atoms with Gasteiger partial charge in [0.25, 0.3) is 0 Å². The fourth-order valence-corrected chi connectivity index (χ4v) is 4.49. The van der Waals surface area contributed by atoms with Crippen molar-refractivity contribution in [2.45, 2.75) is 18.0 Å². The van der Waals surface area contributed by atoms with Gasteiger partial charge in [0.2, 0.25) is 5.91 Å². The molecule has 2 aromatic carbocycles. The van der Waals surface area contributed by atoms with E-state index in [0.29, 0.717) is 10.6 Å². The molecule has 5 nitrogen and oxygen atoms in total. The quantitative estimate of drug-likeness (QED) is 0.872. The molecule has 6 heteroatoms. The Morgan fingerprint density at radius 1 is 1.11 bits per heavy atom. The van der Waals surface area contributed by atoms with Crippen molar-refractivity contribution in [3.05, 3.63) is 76.4 Å². The molecule has 132 valence electrons. The van der Waals surface area contributed by atoms with Crippen LogP contribution in [-0.4, -0.2) is 16.8 Å². The van der Waals surface area contributed by atoms with Crippen molar-refractivity contribution in [2.75, 3.05) is 0 Å². The average Bonchev–Trinajstić information content (AvgIpc) is 3.00. The van der Waals surface area contributed by atoms with Gasteiger partial charge in [0.1, 0.15) is 6.04 Å². The van der Waals surface area contributed by atoms with Gasteiger partial charge in [-0.3, -0.25) is 4.79 Å². The molecule has 0 spiro atoms. The van der Waals surface area contributed by atoms with Crippen LogP contribution in [0.2, 0.25) is 5.02 Å². The lowest BCUT2D eigenvalue weighted by atomic mass is 9.68. The summed E-state index contributed by atoms with van der Waals surface area (Å²) >= 11 is 6.00. The zero-order valence-electron chi connectivity index (χ0n) is 14.2. The molecule has 0 aliphatic carbocycles. The minimum absolute atomic E-state index is 0.537. The van der Waals surface area contributed by atoms with Gasteiger partial charge < -0.3 is 10.6 Å². The number of nitrogens with zero attached hydrogens (tertiary/aromatic N) is 3. The Bertz CT molecular complexity index is 1020. The highest BCUT2D eigenvalue weighted by atomic mass is 35.5. The molecule has 2 aromatic rings. The number of carbonyl (C=O) groups excluding carboxylic acids is 1. The van der Waals surface area contributed by atoms with Gasteiger partial charge in [-0.15, -0.1) is 0 Å². The number of benzene rings is 2. The van der Waals surface area contributed by atoms with E-state index in [2.05, 4.69) is 12.1 Å². The van der Waals surface area contributed by atoms with Crippen molar-refractivity contribution in [3.8, 4) is 12.1 Å². The van der Waals surface area contributed by atoms with Crippen LogP contribution in [0.3, 0.4) is 0 Å². The van der Waals surface area contributed by atoms with Gasteiger partial charge in [0.05, 0.1) is 18.2 Å². The molecule has 1 amide bonds. The molecule has 0 saturated carbocycles. The Morgan fingerprint density at radius 2 is 1.78 bits per heavy atom. The topological polar surface area (TPSA) is 93.9 Å². The molecule has 1 fully saturated rings. The maximum atomic E-state index is 12.4. The number of rotatable bonds is 2. The van der Waals surface area contributed by atoms with Gasteiger partial charge in [-0.1, -0.05) is 48.0 Å². The number of hydrogen-bond donors (Lipinski definition) is 1. The maximum absolute atomic E-state index is 12.4. The Balaban J connectivity index is 2.00. The van der Waals surface area contributed by atoms with Crippen molar-refractivity contribution in [3.63, 3.8) is 0 Å². The van der Waals surface area contributed by atoms with E-state index in [-0.39, 0.29) is 0 Å². The summed E-state index contributed by atoms with van der Waals surface area (Å²) in [6.07, 6.45) is 3.65. The molecule has 2 heterocycles. The van der Waals surface area contributed by atoms with Crippen molar-refractivity contribution >= 4 is 23.6 Å². The minimum atomic E-state index is -1.48. The minimum Gasteiger partial charge on any atom is -0.368 e. The largest absolute Gasteiger partial charge is 0.368 e. The third kappa shape index (κ3) is 2.33. The second-order valence-corrected chi connectivity index (χ2v) is 7.20. The monoisotopic (exact) mass is 374 g/mol. The number of nitriles is 2.